The van der Waals surface area contributed by atoms with Crippen LogP contribution in [0.3, 0.4) is 0 Å². The Bertz CT molecular complexity index is 727. The van der Waals surface area contributed by atoms with Crippen LogP contribution in [0.4, 0.5) is 0 Å². The SMILES string of the molecule is Cc1cc(C(=O)NCC(c2cccs2)N(C)C)c(C)n1C1CCCCC1. The van der Waals surface area contributed by atoms with Gasteiger partial charge in [0, 0.05) is 28.9 Å². The minimum Gasteiger partial charge on any atom is -0.350 e. The second-order valence-electron chi connectivity index (χ2n) is 7.65. The zero-order valence-corrected chi connectivity index (χ0v) is 17.2. The van der Waals surface area contributed by atoms with Crippen molar-refractivity contribution in [3.63, 3.8) is 0 Å². The quantitative estimate of drug-likeness (QED) is 0.796. The third-order valence-electron chi connectivity index (χ3n) is 5.62. The molecular weight excluding hydrogens is 342 g/mol. The molecule has 142 valence electrons. The number of amides is 1. The zero-order valence-electron chi connectivity index (χ0n) is 16.4. The third-order valence-corrected chi connectivity index (χ3v) is 6.59. The smallest absolute Gasteiger partial charge is 0.253 e. The summed E-state index contributed by atoms with van der Waals surface area (Å²) < 4.78 is 2.40. The van der Waals surface area contributed by atoms with Crippen molar-refractivity contribution in [2.24, 2.45) is 0 Å². The van der Waals surface area contributed by atoms with E-state index >= 15 is 0 Å². The first-order chi connectivity index (χ1) is 12.5. The monoisotopic (exact) mass is 373 g/mol. The Balaban J connectivity index is 1.72. The third kappa shape index (κ3) is 4.04. The van der Waals surface area contributed by atoms with Gasteiger partial charge in [0.25, 0.3) is 5.91 Å². The molecule has 5 heteroatoms. The highest BCUT2D eigenvalue weighted by Gasteiger charge is 2.23. The molecule has 2 aromatic heterocycles. The van der Waals surface area contributed by atoms with Gasteiger partial charge in [0.15, 0.2) is 0 Å². The molecule has 0 aromatic carbocycles. The number of thiophene rings is 1. The maximum absolute atomic E-state index is 12.9. The number of nitrogens with one attached hydrogen (secondary N) is 1. The first-order valence-electron chi connectivity index (χ1n) is 9.65. The van der Waals surface area contributed by atoms with Crippen molar-refractivity contribution < 1.29 is 4.79 Å². The largest absolute Gasteiger partial charge is 0.350 e. The molecule has 2 aromatic rings. The summed E-state index contributed by atoms with van der Waals surface area (Å²) in [6, 6.07) is 7.04. The molecule has 2 heterocycles. The highest BCUT2D eigenvalue weighted by molar-refractivity contribution is 7.10. The molecule has 3 rings (SSSR count). The van der Waals surface area contributed by atoms with Crippen LogP contribution in [-0.2, 0) is 0 Å². The van der Waals surface area contributed by atoms with Crippen molar-refractivity contribution in [1.82, 2.24) is 14.8 Å². The molecule has 1 N–H and O–H groups in total. The van der Waals surface area contributed by atoms with Crippen molar-refractivity contribution in [1.29, 1.82) is 0 Å². The average molecular weight is 374 g/mol. The Morgan fingerprint density at radius 1 is 1.31 bits per heavy atom. The van der Waals surface area contributed by atoms with Gasteiger partial charge in [-0.25, -0.2) is 0 Å². The van der Waals surface area contributed by atoms with Crippen LogP contribution >= 0.6 is 11.3 Å². The van der Waals surface area contributed by atoms with E-state index in [1.54, 1.807) is 11.3 Å². The van der Waals surface area contributed by atoms with E-state index in [1.807, 2.05) is 0 Å². The summed E-state index contributed by atoms with van der Waals surface area (Å²) in [5, 5.41) is 5.25. The second-order valence-corrected chi connectivity index (χ2v) is 8.63. The number of aromatic nitrogens is 1. The van der Waals surface area contributed by atoms with Gasteiger partial charge in [-0.2, -0.15) is 0 Å². The Labute approximate surface area is 161 Å². The van der Waals surface area contributed by atoms with Crippen LogP contribution in [0.25, 0.3) is 0 Å². The minimum atomic E-state index is 0.0450. The van der Waals surface area contributed by atoms with E-state index in [-0.39, 0.29) is 11.9 Å². The second kappa shape index (κ2) is 8.40. The fraction of sp³-hybridized carbons (Fsp3) is 0.571. The Kier molecular flexibility index (Phi) is 6.20. The predicted octanol–water partition coefficient (Wildman–Crippen LogP) is 4.70. The summed E-state index contributed by atoms with van der Waals surface area (Å²) in [5.41, 5.74) is 3.16. The molecular formula is C21H31N3OS. The maximum Gasteiger partial charge on any atom is 0.253 e. The van der Waals surface area contributed by atoms with Gasteiger partial charge in [-0.05, 0) is 58.3 Å². The molecule has 4 nitrogen and oxygen atoms in total. The van der Waals surface area contributed by atoms with Crippen LogP contribution in [0.5, 0.6) is 0 Å². The van der Waals surface area contributed by atoms with Crippen LogP contribution in [0, 0.1) is 13.8 Å². The first kappa shape index (κ1) is 19.2. The van der Waals surface area contributed by atoms with Gasteiger partial charge in [0.1, 0.15) is 0 Å². The van der Waals surface area contributed by atoms with Crippen LogP contribution in [-0.4, -0.2) is 36.0 Å². The molecule has 1 saturated carbocycles. The highest BCUT2D eigenvalue weighted by atomic mass is 32.1. The van der Waals surface area contributed by atoms with Gasteiger partial charge in [-0.1, -0.05) is 25.3 Å². The molecule has 1 aliphatic rings. The fourth-order valence-electron chi connectivity index (χ4n) is 4.21. The molecule has 0 saturated heterocycles. The van der Waals surface area contributed by atoms with Gasteiger partial charge < -0.3 is 14.8 Å². The van der Waals surface area contributed by atoms with Crippen LogP contribution < -0.4 is 5.32 Å². The van der Waals surface area contributed by atoms with E-state index in [2.05, 4.69) is 66.3 Å². The summed E-state index contributed by atoms with van der Waals surface area (Å²) >= 11 is 1.74. The summed E-state index contributed by atoms with van der Waals surface area (Å²) in [7, 11) is 4.12. The molecule has 0 bridgehead atoms. The fourth-order valence-corrected chi connectivity index (χ4v) is 5.13. The van der Waals surface area contributed by atoms with Crippen LogP contribution in [0.15, 0.2) is 23.6 Å². The highest BCUT2D eigenvalue weighted by Crippen LogP contribution is 2.32. The lowest BCUT2D eigenvalue weighted by molar-refractivity contribution is 0.0941. The number of hydrogen-bond donors (Lipinski definition) is 1. The van der Waals surface area contributed by atoms with E-state index < -0.39 is 0 Å². The van der Waals surface area contributed by atoms with Gasteiger partial charge in [0.2, 0.25) is 0 Å². The minimum absolute atomic E-state index is 0.0450. The molecule has 0 aliphatic heterocycles. The van der Waals surface area contributed by atoms with Crippen molar-refractivity contribution in [3.05, 3.63) is 45.4 Å². The number of hydrogen-bond acceptors (Lipinski definition) is 3. The lowest BCUT2D eigenvalue weighted by Crippen LogP contribution is -2.34. The molecule has 1 atom stereocenters. The molecule has 1 fully saturated rings. The van der Waals surface area contributed by atoms with Gasteiger partial charge in [-0.15, -0.1) is 11.3 Å². The Hall–Kier alpha value is -1.59. The number of aryl methyl sites for hydroxylation is 1. The topological polar surface area (TPSA) is 37.3 Å². The van der Waals surface area contributed by atoms with Crippen molar-refractivity contribution >= 4 is 17.2 Å². The Morgan fingerprint density at radius 2 is 2.04 bits per heavy atom. The van der Waals surface area contributed by atoms with Crippen molar-refractivity contribution in [2.75, 3.05) is 20.6 Å². The Morgan fingerprint density at radius 3 is 2.65 bits per heavy atom. The van der Waals surface area contributed by atoms with Crippen LogP contribution in [0.1, 0.15) is 70.8 Å². The number of carbonyl (C=O) groups excluding carboxylic acids is 1. The summed E-state index contributed by atoms with van der Waals surface area (Å²) in [6.45, 7) is 4.85. The van der Waals surface area contributed by atoms with E-state index in [0.717, 1.165) is 11.3 Å². The average Bonchev–Trinajstić information content (AvgIpc) is 3.24. The van der Waals surface area contributed by atoms with E-state index in [1.165, 1.54) is 42.7 Å². The molecule has 1 amide bonds. The van der Waals surface area contributed by atoms with Crippen molar-refractivity contribution in [3.8, 4) is 0 Å². The standard InChI is InChI=1S/C21H31N3OS/c1-15-13-18(16(2)24(15)17-9-6-5-7-10-17)21(25)22-14-19(23(3)4)20-11-8-12-26-20/h8,11-13,17,19H,5-7,9-10,14H2,1-4H3,(H,22,25). The van der Waals surface area contributed by atoms with E-state index in [0.29, 0.717) is 12.6 Å². The molecule has 1 aliphatic carbocycles. The maximum atomic E-state index is 12.9. The van der Waals surface area contributed by atoms with Crippen molar-refractivity contribution in [2.45, 2.75) is 58.0 Å². The number of carbonyl (C=O) groups is 1. The normalized spacial score (nSPS) is 16.8. The number of nitrogens with zero attached hydrogens (tertiary/aromatic N) is 2. The summed E-state index contributed by atoms with van der Waals surface area (Å²) in [4.78, 5) is 16.3. The van der Waals surface area contributed by atoms with Crippen LogP contribution in [0.2, 0.25) is 0 Å². The number of likely N-dealkylation sites (N-methyl/N-ethyl adjacent to an activating group) is 1. The molecule has 1 unspecified atom stereocenters. The molecule has 26 heavy (non-hydrogen) atoms. The molecule has 0 spiro atoms. The van der Waals surface area contributed by atoms with Gasteiger partial charge in [0.05, 0.1) is 11.6 Å². The van der Waals surface area contributed by atoms with Gasteiger partial charge >= 0.3 is 0 Å². The predicted molar refractivity (Wildman–Crippen MR) is 109 cm³/mol. The zero-order chi connectivity index (χ0) is 18.7. The van der Waals surface area contributed by atoms with E-state index in [4.69, 9.17) is 0 Å². The lowest BCUT2D eigenvalue weighted by Gasteiger charge is -2.26. The number of rotatable bonds is 6. The lowest BCUT2D eigenvalue weighted by atomic mass is 9.95. The summed E-state index contributed by atoms with van der Waals surface area (Å²) in [5.74, 6) is 0.0450. The molecule has 0 radical (unpaired) electrons. The van der Waals surface area contributed by atoms with E-state index in [9.17, 15) is 4.79 Å². The first-order valence-corrected chi connectivity index (χ1v) is 10.5. The summed E-state index contributed by atoms with van der Waals surface area (Å²) in [6.07, 6.45) is 6.41. The van der Waals surface area contributed by atoms with Gasteiger partial charge in [-0.3, -0.25) is 4.79 Å².